The van der Waals surface area contributed by atoms with E-state index >= 15 is 0 Å². The van der Waals surface area contributed by atoms with Crippen molar-refractivity contribution in [2.75, 3.05) is 4.90 Å². The Morgan fingerprint density at radius 2 is 1.26 bits per heavy atom. The average Bonchev–Trinajstić information content (AvgIpc) is 3.29. The van der Waals surface area contributed by atoms with Crippen molar-refractivity contribution in [3.05, 3.63) is 127 Å². The van der Waals surface area contributed by atoms with Crippen LogP contribution in [-0.4, -0.2) is 0 Å². The molecule has 0 saturated carbocycles. The summed E-state index contributed by atoms with van der Waals surface area (Å²) in [5.74, 6) is 0. The van der Waals surface area contributed by atoms with Gasteiger partial charge in [0, 0.05) is 16.8 Å². The predicted octanol–water partition coefficient (Wildman–Crippen LogP) is 8.59. The molecule has 0 atom stereocenters. The molecule has 0 aliphatic carbocycles. The highest BCUT2D eigenvalue weighted by Crippen LogP contribution is 2.43. The largest absolute Gasteiger partial charge is 0.456 e. The lowest BCUT2D eigenvalue weighted by molar-refractivity contribution is 0.669. The lowest BCUT2D eigenvalue weighted by Crippen LogP contribution is -2.09. The molecule has 0 saturated heterocycles. The summed E-state index contributed by atoms with van der Waals surface area (Å²) in [6.07, 6.45) is 0. The number of nitriles is 1. The van der Waals surface area contributed by atoms with E-state index in [1.165, 1.54) is 0 Å². The molecule has 6 rings (SSSR count). The topological polar surface area (TPSA) is 40.2 Å². The smallest absolute Gasteiger partial charge is 0.137 e. The van der Waals surface area contributed by atoms with E-state index in [0.717, 1.165) is 50.1 Å². The molecule has 1 aromatic heterocycles. The highest BCUT2D eigenvalue weighted by Gasteiger charge is 2.19. The first-order valence-electron chi connectivity index (χ1n) is 11.2. The van der Waals surface area contributed by atoms with Gasteiger partial charge in [-0.3, -0.25) is 0 Å². The highest BCUT2D eigenvalue weighted by molar-refractivity contribution is 6.14. The molecular weight excluding hydrogens is 416 g/mol. The standard InChI is InChI=1S/C31H20N2O/c32-21-22-9-7-10-23(19-22)24-17-18-29-27(20-24)31-28(15-8-16-30(31)34-29)33(25-11-3-1-4-12-25)26-13-5-2-6-14-26/h1-20H. The van der Waals surface area contributed by atoms with Gasteiger partial charge >= 0.3 is 0 Å². The van der Waals surface area contributed by atoms with Crippen LogP contribution < -0.4 is 4.90 Å². The van der Waals surface area contributed by atoms with Gasteiger partial charge in [0.25, 0.3) is 0 Å². The van der Waals surface area contributed by atoms with E-state index in [0.29, 0.717) is 5.56 Å². The van der Waals surface area contributed by atoms with Crippen LogP contribution in [0, 0.1) is 11.3 Å². The molecule has 3 nitrogen and oxygen atoms in total. The molecule has 0 bridgehead atoms. The molecule has 1 heterocycles. The van der Waals surface area contributed by atoms with Crippen molar-refractivity contribution in [3.8, 4) is 17.2 Å². The summed E-state index contributed by atoms with van der Waals surface area (Å²) in [6, 6.07) is 43.1. The van der Waals surface area contributed by atoms with E-state index in [1.807, 2.05) is 60.7 Å². The molecule has 34 heavy (non-hydrogen) atoms. The second-order valence-electron chi connectivity index (χ2n) is 8.16. The zero-order valence-corrected chi connectivity index (χ0v) is 18.3. The third-order valence-corrected chi connectivity index (χ3v) is 6.07. The molecule has 0 aliphatic rings. The van der Waals surface area contributed by atoms with Crippen molar-refractivity contribution < 1.29 is 4.42 Å². The SMILES string of the molecule is N#Cc1cccc(-c2ccc3oc4cccc(N(c5ccccc5)c5ccccc5)c4c3c2)c1. The minimum Gasteiger partial charge on any atom is -0.456 e. The fourth-order valence-corrected chi connectivity index (χ4v) is 4.52. The molecule has 0 amide bonds. The Morgan fingerprint density at radius 1 is 0.588 bits per heavy atom. The summed E-state index contributed by atoms with van der Waals surface area (Å²) in [5.41, 5.74) is 7.59. The van der Waals surface area contributed by atoms with Gasteiger partial charge in [-0.1, -0.05) is 60.7 Å². The normalized spacial score (nSPS) is 10.9. The van der Waals surface area contributed by atoms with Gasteiger partial charge in [0.15, 0.2) is 0 Å². The van der Waals surface area contributed by atoms with Gasteiger partial charge in [-0.05, 0) is 71.8 Å². The number of hydrogen-bond acceptors (Lipinski definition) is 3. The number of rotatable bonds is 4. The molecule has 0 aliphatic heterocycles. The zero-order valence-electron chi connectivity index (χ0n) is 18.3. The number of para-hydroxylation sites is 2. The van der Waals surface area contributed by atoms with Crippen LogP contribution in [0.25, 0.3) is 33.1 Å². The van der Waals surface area contributed by atoms with Gasteiger partial charge in [0.2, 0.25) is 0 Å². The van der Waals surface area contributed by atoms with Gasteiger partial charge in [0.05, 0.1) is 22.7 Å². The van der Waals surface area contributed by atoms with Crippen LogP contribution in [-0.2, 0) is 0 Å². The maximum Gasteiger partial charge on any atom is 0.137 e. The zero-order chi connectivity index (χ0) is 22.9. The summed E-state index contributed by atoms with van der Waals surface area (Å²) in [5, 5.41) is 11.4. The van der Waals surface area contributed by atoms with E-state index in [9.17, 15) is 5.26 Å². The Labute approximate surface area is 197 Å². The number of hydrogen-bond donors (Lipinski definition) is 0. The average molecular weight is 437 g/mol. The van der Waals surface area contributed by atoms with Gasteiger partial charge in [0.1, 0.15) is 11.2 Å². The van der Waals surface area contributed by atoms with Gasteiger partial charge < -0.3 is 9.32 Å². The van der Waals surface area contributed by atoms with Crippen LogP contribution in [0.2, 0.25) is 0 Å². The molecule has 5 aromatic carbocycles. The molecule has 0 N–H and O–H groups in total. The lowest BCUT2D eigenvalue weighted by atomic mass is 10.0. The van der Waals surface area contributed by atoms with Crippen LogP contribution in [0.3, 0.4) is 0 Å². The van der Waals surface area contributed by atoms with Crippen molar-refractivity contribution >= 4 is 39.0 Å². The van der Waals surface area contributed by atoms with Crippen molar-refractivity contribution in [2.45, 2.75) is 0 Å². The molecular formula is C31H20N2O. The Balaban J connectivity index is 1.62. The Hall–Kier alpha value is -4.81. The van der Waals surface area contributed by atoms with Crippen molar-refractivity contribution in [1.29, 1.82) is 5.26 Å². The maximum atomic E-state index is 9.33. The summed E-state index contributed by atoms with van der Waals surface area (Å²) in [6.45, 7) is 0. The molecule has 0 radical (unpaired) electrons. The van der Waals surface area contributed by atoms with Crippen LogP contribution in [0.15, 0.2) is 126 Å². The first-order chi connectivity index (χ1) is 16.8. The van der Waals surface area contributed by atoms with Crippen LogP contribution in [0.1, 0.15) is 5.56 Å². The summed E-state index contributed by atoms with van der Waals surface area (Å²) < 4.78 is 6.27. The second-order valence-corrected chi connectivity index (χ2v) is 8.16. The number of nitrogens with zero attached hydrogens (tertiary/aromatic N) is 2. The van der Waals surface area contributed by atoms with Crippen LogP contribution >= 0.6 is 0 Å². The van der Waals surface area contributed by atoms with E-state index < -0.39 is 0 Å². The van der Waals surface area contributed by atoms with Gasteiger partial charge in [-0.2, -0.15) is 5.26 Å². The number of anilines is 3. The van der Waals surface area contributed by atoms with E-state index in [2.05, 4.69) is 71.6 Å². The minimum absolute atomic E-state index is 0.648. The first-order valence-corrected chi connectivity index (χ1v) is 11.2. The van der Waals surface area contributed by atoms with Gasteiger partial charge in [-0.15, -0.1) is 0 Å². The molecule has 0 spiro atoms. The second kappa shape index (κ2) is 8.27. The number of fused-ring (bicyclic) bond motifs is 3. The van der Waals surface area contributed by atoms with E-state index in [-0.39, 0.29) is 0 Å². The number of furan rings is 1. The third kappa shape index (κ3) is 3.39. The monoisotopic (exact) mass is 436 g/mol. The summed E-state index contributed by atoms with van der Waals surface area (Å²) >= 11 is 0. The fraction of sp³-hybridized carbons (Fsp3) is 0. The quantitative estimate of drug-likeness (QED) is 0.278. The highest BCUT2D eigenvalue weighted by atomic mass is 16.3. The van der Waals surface area contributed by atoms with E-state index in [4.69, 9.17) is 4.42 Å². The Bertz CT molecular complexity index is 1620. The Kier molecular flexibility index (Phi) is 4.83. The van der Waals surface area contributed by atoms with Crippen molar-refractivity contribution in [3.63, 3.8) is 0 Å². The van der Waals surface area contributed by atoms with Crippen molar-refractivity contribution in [1.82, 2.24) is 0 Å². The molecule has 160 valence electrons. The molecule has 0 unspecified atom stereocenters. The van der Waals surface area contributed by atoms with Gasteiger partial charge in [-0.25, -0.2) is 0 Å². The van der Waals surface area contributed by atoms with E-state index in [1.54, 1.807) is 0 Å². The van der Waals surface area contributed by atoms with Crippen LogP contribution in [0.5, 0.6) is 0 Å². The third-order valence-electron chi connectivity index (χ3n) is 6.07. The molecule has 6 aromatic rings. The number of benzene rings is 5. The predicted molar refractivity (Wildman–Crippen MR) is 139 cm³/mol. The molecule has 3 heteroatoms. The van der Waals surface area contributed by atoms with Crippen LogP contribution in [0.4, 0.5) is 17.1 Å². The first kappa shape index (κ1) is 19.8. The lowest BCUT2D eigenvalue weighted by Gasteiger charge is -2.26. The Morgan fingerprint density at radius 3 is 1.97 bits per heavy atom. The minimum atomic E-state index is 0.648. The van der Waals surface area contributed by atoms with Crippen molar-refractivity contribution in [2.24, 2.45) is 0 Å². The molecule has 0 fully saturated rings. The summed E-state index contributed by atoms with van der Waals surface area (Å²) in [7, 11) is 0. The maximum absolute atomic E-state index is 9.33. The fourth-order valence-electron chi connectivity index (χ4n) is 4.52. The summed E-state index contributed by atoms with van der Waals surface area (Å²) in [4.78, 5) is 2.26.